The maximum Gasteiger partial charge on any atom is 0.138 e. The summed E-state index contributed by atoms with van der Waals surface area (Å²) in [6.07, 6.45) is 3.41. The predicted molar refractivity (Wildman–Crippen MR) is 106 cm³/mol. The number of hydrogen-bond donors (Lipinski definition) is 1. The van der Waals surface area contributed by atoms with E-state index in [4.69, 9.17) is 46.4 Å². The molecule has 0 aromatic heterocycles. The van der Waals surface area contributed by atoms with Gasteiger partial charge in [0.25, 0.3) is 0 Å². The quantitative estimate of drug-likeness (QED) is 0.570. The summed E-state index contributed by atoms with van der Waals surface area (Å²) >= 11 is 24.6. The summed E-state index contributed by atoms with van der Waals surface area (Å²) in [7, 11) is 0. The molecule has 3 rings (SSSR count). The van der Waals surface area contributed by atoms with Crippen molar-refractivity contribution in [3.05, 3.63) is 62.1 Å². The van der Waals surface area contributed by atoms with E-state index in [0.29, 0.717) is 26.5 Å². The van der Waals surface area contributed by atoms with E-state index in [-0.39, 0.29) is 17.7 Å². The molecule has 25 heavy (non-hydrogen) atoms. The molecule has 6 heteroatoms. The Morgan fingerprint density at radius 3 is 2.40 bits per heavy atom. The topological polar surface area (TPSA) is 29.1 Å². The van der Waals surface area contributed by atoms with Crippen molar-refractivity contribution in [2.45, 2.75) is 31.7 Å². The second kappa shape index (κ2) is 8.18. The Morgan fingerprint density at radius 2 is 1.72 bits per heavy atom. The van der Waals surface area contributed by atoms with Crippen molar-refractivity contribution in [1.29, 1.82) is 0 Å². The first-order chi connectivity index (χ1) is 12.0. The lowest BCUT2D eigenvalue weighted by Crippen LogP contribution is -2.30. The van der Waals surface area contributed by atoms with E-state index < -0.39 is 0 Å². The number of carbonyl (C=O) groups is 1. The van der Waals surface area contributed by atoms with Crippen LogP contribution >= 0.6 is 46.4 Å². The molecular formula is C19H17Cl4NO. The third-order valence-electron chi connectivity index (χ3n) is 4.54. The number of anilines is 1. The van der Waals surface area contributed by atoms with Crippen molar-refractivity contribution in [2.75, 3.05) is 5.32 Å². The molecule has 1 aliphatic rings. The molecule has 1 fully saturated rings. The number of carbonyl (C=O) groups excluding carboxylic acids is 1. The predicted octanol–water partition coefficient (Wildman–Crippen LogP) is 7.21. The van der Waals surface area contributed by atoms with E-state index in [9.17, 15) is 4.79 Å². The smallest absolute Gasteiger partial charge is 0.138 e. The molecular weight excluding hydrogens is 400 g/mol. The van der Waals surface area contributed by atoms with Crippen LogP contribution in [0.3, 0.4) is 0 Å². The third-order valence-corrected chi connectivity index (χ3v) is 5.85. The fourth-order valence-corrected chi connectivity index (χ4v) is 4.10. The number of benzene rings is 2. The molecule has 0 radical (unpaired) electrons. The Bertz CT molecular complexity index is 793. The van der Waals surface area contributed by atoms with E-state index in [1.54, 1.807) is 24.3 Å². The van der Waals surface area contributed by atoms with Crippen LogP contribution in [0.4, 0.5) is 5.69 Å². The molecule has 2 aromatic rings. The SMILES string of the molecule is O=C1CCCC[C@@H]1[C@H](Nc1ccc(Cl)c(Cl)c1)c1ccc(Cl)cc1Cl. The summed E-state index contributed by atoms with van der Waals surface area (Å²) in [5.74, 6) is 0.122. The molecule has 1 N–H and O–H groups in total. The van der Waals surface area contributed by atoms with Crippen LogP contribution in [0, 0.1) is 5.92 Å². The highest BCUT2D eigenvalue weighted by Gasteiger charge is 2.32. The molecule has 0 bridgehead atoms. The largest absolute Gasteiger partial charge is 0.377 e. The number of hydrogen-bond acceptors (Lipinski definition) is 2. The van der Waals surface area contributed by atoms with Crippen LogP contribution in [0.2, 0.25) is 20.1 Å². The normalized spacial score (nSPS) is 18.9. The molecule has 0 unspecified atom stereocenters. The van der Waals surface area contributed by atoms with Gasteiger partial charge in [-0.3, -0.25) is 4.79 Å². The van der Waals surface area contributed by atoms with Gasteiger partial charge in [0.15, 0.2) is 0 Å². The molecule has 2 atom stereocenters. The first-order valence-corrected chi connectivity index (χ1v) is 9.66. The standard InChI is InChI=1S/C19H17Cl4NO/c20-11-5-7-13(16(22)9-11)19(14-3-1-2-4-18(14)25)24-12-6-8-15(21)17(23)10-12/h5-10,14,19,24H,1-4H2/t14-,19+/m0/s1. The lowest BCUT2D eigenvalue weighted by atomic mass is 9.80. The van der Waals surface area contributed by atoms with Gasteiger partial charge in [0.2, 0.25) is 0 Å². The maximum absolute atomic E-state index is 12.5. The van der Waals surface area contributed by atoms with Gasteiger partial charge >= 0.3 is 0 Å². The highest BCUT2D eigenvalue weighted by Crippen LogP contribution is 2.39. The Balaban J connectivity index is 1.98. The Morgan fingerprint density at radius 1 is 0.920 bits per heavy atom. The summed E-state index contributed by atoms with van der Waals surface area (Å²) in [4.78, 5) is 12.5. The number of nitrogens with one attached hydrogen (secondary N) is 1. The van der Waals surface area contributed by atoms with Gasteiger partial charge in [0.05, 0.1) is 16.1 Å². The van der Waals surface area contributed by atoms with Gasteiger partial charge in [-0.2, -0.15) is 0 Å². The van der Waals surface area contributed by atoms with Gasteiger partial charge < -0.3 is 5.32 Å². The van der Waals surface area contributed by atoms with Crippen LogP contribution in [-0.4, -0.2) is 5.78 Å². The fourth-order valence-electron chi connectivity index (χ4n) is 3.28. The van der Waals surface area contributed by atoms with Crippen LogP contribution in [0.1, 0.15) is 37.3 Å². The average molecular weight is 417 g/mol. The second-order valence-electron chi connectivity index (χ2n) is 6.24. The Labute approximate surface area is 167 Å². The molecule has 0 heterocycles. The van der Waals surface area contributed by atoms with Crippen LogP contribution in [0.25, 0.3) is 0 Å². The number of rotatable bonds is 4. The van der Waals surface area contributed by atoms with Gasteiger partial charge in [0.1, 0.15) is 5.78 Å². The summed E-state index contributed by atoms with van der Waals surface area (Å²) in [5.41, 5.74) is 1.65. The zero-order chi connectivity index (χ0) is 18.0. The molecule has 0 saturated heterocycles. The highest BCUT2D eigenvalue weighted by atomic mass is 35.5. The first kappa shape index (κ1) is 18.8. The third kappa shape index (κ3) is 4.43. The lowest BCUT2D eigenvalue weighted by molar-refractivity contribution is -0.125. The molecule has 132 valence electrons. The molecule has 2 nitrogen and oxygen atoms in total. The summed E-state index contributed by atoms with van der Waals surface area (Å²) < 4.78 is 0. The molecule has 2 aromatic carbocycles. The molecule has 0 spiro atoms. The van der Waals surface area contributed by atoms with Crippen molar-refractivity contribution in [3.8, 4) is 0 Å². The highest BCUT2D eigenvalue weighted by molar-refractivity contribution is 6.42. The molecule has 1 aliphatic carbocycles. The number of Topliss-reactive ketones (excluding diaryl/α,β-unsaturated/α-hetero) is 1. The zero-order valence-electron chi connectivity index (χ0n) is 13.4. The Kier molecular flexibility index (Phi) is 6.17. The average Bonchev–Trinajstić information content (AvgIpc) is 2.57. The van der Waals surface area contributed by atoms with Crippen molar-refractivity contribution in [3.63, 3.8) is 0 Å². The van der Waals surface area contributed by atoms with E-state index in [2.05, 4.69) is 5.32 Å². The fraction of sp³-hybridized carbons (Fsp3) is 0.316. The summed E-state index contributed by atoms with van der Waals surface area (Å²) in [6.45, 7) is 0. The molecule has 0 amide bonds. The molecule has 1 saturated carbocycles. The summed E-state index contributed by atoms with van der Waals surface area (Å²) in [5, 5.41) is 5.49. The van der Waals surface area contributed by atoms with Crippen LogP contribution in [-0.2, 0) is 4.79 Å². The van der Waals surface area contributed by atoms with Crippen molar-refractivity contribution >= 4 is 57.9 Å². The van der Waals surface area contributed by atoms with E-state index >= 15 is 0 Å². The van der Waals surface area contributed by atoms with E-state index in [1.807, 2.05) is 12.1 Å². The van der Waals surface area contributed by atoms with E-state index in [1.165, 1.54) is 0 Å². The summed E-state index contributed by atoms with van der Waals surface area (Å²) in [6, 6.07) is 10.5. The minimum atomic E-state index is -0.241. The zero-order valence-corrected chi connectivity index (χ0v) is 16.4. The van der Waals surface area contributed by atoms with Gasteiger partial charge in [-0.1, -0.05) is 58.9 Å². The van der Waals surface area contributed by atoms with Gasteiger partial charge in [-0.05, 0) is 48.7 Å². The van der Waals surface area contributed by atoms with Gasteiger partial charge in [0, 0.05) is 28.1 Å². The lowest BCUT2D eigenvalue weighted by Gasteiger charge is -2.31. The Hall–Kier alpha value is -0.930. The van der Waals surface area contributed by atoms with Crippen LogP contribution in [0.5, 0.6) is 0 Å². The first-order valence-electron chi connectivity index (χ1n) is 8.15. The van der Waals surface area contributed by atoms with E-state index in [0.717, 1.165) is 30.5 Å². The van der Waals surface area contributed by atoms with Crippen molar-refractivity contribution in [1.82, 2.24) is 0 Å². The number of ketones is 1. The van der Waals surface area contributed by atoms with Crippen molar-refractivity contribution < 1.29 is 4.79 Å². The minimum absolute atomic E-state index is 0.137. The molecule has 0 aliphatic heterocycles. The van der Waals surface area contributed by atoms with Gasteiger partial charge in [-0.15, -0.1) is 0 Å². The monoisotopic (exact) mass is 415 g/mol. The van der Waals surface area contributed by atoms with Gasteiger partial charge in [-0.25, -0.2) is 0 Å². The maximum atomic E-state index is 12.5. The second-order valence-corrected chi connectivity index (χ2v) is 7.89. The number of halogens is 4. The van der Waals surface area contributed by atoms with Crippen molar-refractivity contribution in [2.24, 2.45) is 5.92 Å². The van der Waals surface area contributed by atoms with Crippen LogP contribution in [0.15, 0.2) is 36.4 Å². The minimum Gasteiger partial charge on any atom is -0.377 e. The van der Waals surface area contributed by atoms with Crippen LogP contribution < -0.4 is 5.32 Å².